The fourth-order valence-electron chi connectivity index (χ4n) is 4.22. The second-order valence-corrected chi connectivity index (χ2v) is 10.4. The smallest absolute Gasteiger partial charge is 0.293 e. The summed E-state index contributed by atoms with van der Waals surface area (Å²) in [5.74, 6) is 0.0263. The van der Waals surface area contributed by atoms with Crippen molar-refractivity contribution < 1.29 is 18.1 Å². The number of carbonyl (C=O) groups excluding carboxylic acids is 1. The van der Waals surface area contributed by atoms with Gasteiger partial charge in [0, 0.05) is 51.4 Å². The van der Waals surface area contributed by atoms with E-state index in [9.17, 15) is 23.3 Å². The number of anilines is 1. The van der Waals surface area contributed by atoms with Gasteiger partial charge in [0.25, 0.3) is 5.69 Å². The summed E-state index contributed by atoms with van der Waals surface area (Å²) in [4.78, 5) is 27.5. The van der Waals surface area contributed by atoms with Crippen molar-refractivity contribution in [2.75, 3.05) is 44.2 Å². The van der Waals surface area contributed by atoms with Gasteiger partial charge in [-0.05, 0) is 44.7 Å². The number of hydrogen-bond donors (Lipinski definition) is 1. The van der Waals surface area contributed by atoms with E-state index in [0.717, 1.165) is 25.7 Å². The van der Waals surface area contributed by atoms with Gasteiger partial charge in [-0.3, -0.25) is 19.8 Å². The molecular formula is C20H29N5O5S. The lowest BCUT2D eigenvalue weighted by atomic mass is 10.2. The predicted octanol–water partition coefficient (Wildman–Crippen LogP) is 1.17. The number of nitrogens with one attached hydrogen (secondary N) is 1. The summed E-state index contributed by atoms with van der Waals surface area (Å²) in [5.41, 5.74) is 0.216. The zero-order valence-electron chi connectivity index (χ0n) is 17.7. The van der Waals surface area contributed by atoms with Crippen molar-refractivity contribution in [1.82, 2.24) is 14.5 Å². The molecule has 1 unspecified atom stereocenters. The molecule has 1 saturated carbocycles. The number of nitro benzene ring substituents is 1. The van der Waals surface area contributed by atoms with Crippen LogP contribution in [0.4, 0.5) is 11.4 Å². The molecule has 2 aliphatic heterocycles. The minimum atomic E-state index is -3.72. The van der Waals surface area contributed by atoms with Crippen LogP contribution in [0.3, 0.4) is 0 Å². The number of sulfonamides is 1. The van der Waals surface area contributed by atoms with Crippen LogP contribution in [0.1, 0.15) is 32.6 Å². The van der Waals surface area contributed by atoms with Gasteiger partial charge >= 0.3 is 0 Å². The number of amides is 1. The molecular weight excluding hydrogens is 422 g/mol. The Morgan fingerprint density at radius 1 is 1.13 bits per heavy atom. The summed E-state index contributed by atoms with van der Waals surface area (Å²) in [6.45, 7) is 5.04. The SMILES string of the molecule is CC(C(=O)NC1CC1)N1CCN(c2ccc(S(=O)(=O)N3CCCC3)cc2[N+](=O)[O-])CC1. The fourth-order valence-corrected chi connectivity index (χ4v) is 5.76. The Morgan fingerprint density at radius 3 is 2.35 bits per heavy atom. The van der Waals surface area contributed by atoms with Crippen molar-refractivity contribution in [3.63, 3.8) is 0 Å². The maximum atomic E-state index is 12.8. The third kappa shape index (κ3) is 4.68. The van der Waals surface area contributed by atoms with Gasteiger partial charge in [0.15, 0.2) is 0 Å². The van der Waals surface area contributed by atoms with Gasteiger partial charge in [-0.1, -0.05) is 0 Å². The van der Waals surface area contributed by atoms with Crippen LogP contribution in [-0.2, 0) is 14.8 Å². The van der Waals surface area contributed by atoms with Gasteiger partial charge in [0.2, 0.25) is 15.9 Å². The molecule has 11 heteroatoms. The van der Waals surface area contributed by atoms with Gasteiger partial charge in [0.05, 0.1) is 15.9 Å². The molecule has 2 saturated heterocycles. The highest BCUT2D eigenvalue weighted by atomic mass is 32.2. The highest BCUT2D eigenvalue weighted by Gasteiger charge is 2.33. The summed E-state index contributed by atoms with van der Waals surface area (Å²) in [6, 6.07) is 4.26. The molecule has 0 radical (unpaired) electrons. The summed E-state index contributed by atoms with van der Waals surface area (Å²) >= 11 is 0. The maximum Gasteiger partial charge on any atom is 0.293 e. The first-order chi connectivity index (χ1) is 14.8. The van der Waals surface area contributed by atoms with Crippen molar-refractivity contribution in [3.05, 3.63) is 28.3 Å². The molecule has 3 aliphatic rings. The topological polar surface area (TPSA) is 116 Å². The number of carbonyl (C=O) groups is 1. The average molecular weight is 452 g/mol. The molecule has 3 fully saturated rings. The van der Waals surface area contributed by atoms with Gasteiger partial charge in [-0.2, -0.15) is 4.31 Å². The van der Waals surface area contributed by atoms with Crippen LogP contribution >= 0.6 is 0 Å². The van der Waals surface area contributed by atoms with E-state index < -0.39 is 14.9 Å². The van der Waals surface area contributed by atoms with Crippen LogP contribution in [0.2, 0.25) is 0 Å². The molecule has 10 nitrogen and oxygen atoms in total. The van der Waals surface area contributed by atoms with E-state index in [1.165, 1.54) is 16.4 Å². The molecule has 0 aromatic heterocycles. The van der Waals surface area contributed by atoms with Crippen LogP contribution in [0, 0.1) is 10.1 Å². The van der Waals surface area contributed by atoms with Crippen molar-refractivity contribution in [1.29, 1.82) is 0 Å². The predicted molar refractivity (Wildman–Crippen MR) is 116 cm³/mol. The van der Waals surface area contributed by atoms with Crippen LogP contribution in [0.15, 0.2) is 23.1 Å². The summed E-state index contributed by atoms with van der Waals surface area (Å²) < 4.78 is 27.0. The summed E-state index contributed by atoms with van der Waals surface area (Å²) in [7, 11) is -3.72. The van der Waals surface area contributed by atoms with Gasteiger partial charge in [-0.25, -0.2) is 8.42 Å². The summed E-state index contributed by atoms with van der Waals surface area (Å²) in [6.07, 6.45) is 3.69. The van der Waals surface area contributed by atoms with Crippen LogP contribution < -0.4 is 10.2 Å². The zero-order chi connectivity index (χ0) is 22.2. The first-order valence-corrected chi connectivity index (χ1v) is 12.3. The Kier molecular flexibility index (Phi) is 6.18. The Bertz CT molecular complexity index is 951. The van der Waals surface area contributed by atoms with Crippen molar-refractivity contribution in [2.45, 2.75) is 49.6 Å². The Balaban J connectivity index is 1.47. The standard InChI is InChI=1S/C20H29N5O5S/c1-15(20(26)21-16-4-5-16)22-10-12-23(13-11-22)18-7-6-17(14-19(18)25(27)28)31(29,30)24-8-2-3-9-24/h6-7,14-16H,2-5,8-13H2,1H3,(H,21,26). The van der Waals surface area contributed by atoms with E-state index in [1.807, 2.05) is 11.8 Å². The number of benzene rings is 1. The third-order valence-corrected chi connectivity index (χ3v) is 8.25. The second-order valence-electron chi connectivity index (χ2n) is 8.50. The molecule has 0 spiro atoms. The molecule has 1 aromatic rings. The number of hydrogen-bond acceptors (Lipinski definition) is 7. The van der Waals surface area contributed by atoms with Gasteiger partial charge in [0.1, 0.15) is 5.69 Å². The first kappa shape index (κ1) is 22.0. The Hall–Kier alpha value is -2.24. The Labute approximate surface area is 182 Å². The van der Waals surface area contributed by atoms with E-state index in [-0.39, 0.29) is 22.5 Å². The van der Waals surface area contributed by atoms with E-state index in [2.05, 4.69) is 10.2 Å². The maximum absolute atomic E-state index is 12.8. The van der Waals surface area contributed by atoms with Gasteiger partial charge in [-0.15, -0.1) is 0 Å². The van der Waals surface area contributed by atoms with Crippen molar-refractivity contribution in [3.8, 4) is 0 Å². The van der Waals surface area contributed by atoms with Gasteiger partial charge < -0.3 is 10.2 Å². The number of piperazine rings is 1. The minimum absolute atomic E-state index is 0.0263. The molecule has 4 rings (SSSR count). The first-order valence-electron chi connectivity index (χ1n) is 10.9. The molecule has 170 valence electrons. The second kappa shape index (κ2) is 8.71. The van der Waals surface area contributed by atoms with Crippen molar-refractivity contribution >= 4 is 27.3 Å². The van der Waals surface area contributed by atoms with E-state index >= 15 is 0 Å². The Morgan fingerprint density at radius 2 is 1.77 bits per heavy atom. The molecule has 31 heavy (non-hydrogen) atoms. The minimum Gasteiger partial charge on any atom is -0.363 e. The van der Waals surface area contributed by atoms with E-state index in [4.69, 9.17) is 0 Å². The highest BCUT2D eigenvalue weighted by Crippen LogP contribution is 2.33. The highest BCUT2D eigenvalue weighted by molar-refractivity contribution is 7.89. The van der Waals surface area contributed by atoms with E-state index in [1.54, 1.807) is 6.07 Å². The zero-order valence-corrected chi connectivity index (χ0v) is 18.5. The molecule has 2 heterocycles. The van der Waals surface area contributed by atoms with Crippen LogP contribution in [0.25, 0.3) is 0 Å². The molecule has 1 amide bonds. The monoisotopic (exact) mass is 451 g/mol. The normalized spacial score (nSPS) is 21.8. The largest absolute Gasteiger partial charge is 0.363 e. The van der Waals surface area contributed by atoms with Crippen LogP contribution in [0.5, 0.6) is 0 Å². The number of nitro groups is 1. The van der Waals surface area contributed by atoms with E-state index in [0.29, 0.717) is 51.0 Å². The number of rotatable bonds is 7. The lowest BCUT2D eigenvalue weighted by molar-refractivity contribution is -0.384. The lowest BCUT2D eigenvalue weighted by Gasteiger charge is -2.38. The molecule has 1 atom stereocenters. The molecule has 0 bridgehead atoms. The average Bonchev–Trinajstić information content (AvgIpc) is 3.39. The number of nitrogens with zero attached hydrogens (tertiary/aromatic N) is 4. The lowest BCUT2D eigenvalue weighted by Crippen LogP contribution is -2.54. The third-order valence-electron chi connectivity index (χ3n) is 6.35. The summed E-state index contributed by atoms with van der Waals surface area (Å²) in [5, 5.41) is 14.8. The van der Waals surface area contributed by atoms with Crippen LogP contribution in [-0.4, -0.2) is 79.8 Å². The molecule has 1 aromatic carbocycles. The quantitative estimate of drug-likeness (QED) is 0.489. The molecule has 1 aliphatic carbocycles. The molecule has 1 N–H and O–H groups in total. The van der Waals surface area contributed by atoms with Crippen molar-refractivity contribution in [2.24, 2.45) is 0 Å². The fraction of sp³-hybridized carbons (Fsp3) is 0.650.